The fourth-order valence-corrected chi connectivity index (χ4v) is 3.55. The minimum Gasteiger partial charge on any atom is -0.506 e. The Bertz CT molecular complexity index is 1020. The molecule has 3 rings (SSSR count). The zero-order valence-electron chi connectivity index (χ0n) is 13.9. The van der Waals surface area contributed by atoms with Gasteiger partial charge in [0.1, 0.15) is 16.4 Å². The second-order valence-corrected chi connectivity index (χ2v) is 6.87. The third-order valence-corrected chi connectivity index (χ3v) is 4.88. The highest BCUT2D eigenvalue weighted by atomic mass is 35.5. The standard InChI is InChI=1S/C19H13ClFNO4S/c1-26-19(25)15-17(24)14(8-10-4-2-7-13(21)16(10)23)27-18(15)22-12-6-3-5-11(20)9-12/h2-9,23-24H,1H3/b14-8+,22-18?. The SMILES string of the molecule is COC(=O)C1=C(O)/C(=C\c2cccc(F)c2O)SC1=Nc1cccc(Cl)c1. The zero-order valence-corrected chi connectivity index (χ0v) is 15.5. The van der Waals surface area contributed by atoms with Crippen molar-refractivity contribution >= 4 is 46.1 Å². The Morgan fingerprint density at radius 3 is 2.70 bits per heavy atom. The summed E-state index contributed by atoms with van der Waals surface area (Å²) in [6, 6.07) is 10.7. The maximum absolute atomic E-state index is 13.5. The molecule has 0 atom stereocenters. The molecule has 0 fully saturated rings. The number of phenolic OH excluding ortho intramolecular Hbond substituents is 1. The van der Waals surface area contributed by atoms with E-state index < -0.39 is 17.5 Å². The topological polar surface area (TPSA) is 79.1 Å². The molecule has 2 aromatic carbocycles. The average molecular weight is 406 g/mol. The first kappa shape index (κ1) is 19.0. The van der Waals surface area contributed by atoms with Crippen LogP contribution < -0.4 is 0 Å². The van der Waals surface area contributed by atoms with Crippen LogP contribution in [-0.4, -0.2) is 28.3 Å². The summed E-state index contributed by atoms with van der Waals surface area (Å²) in [5.41, 5.74) is 0.510. The van der Waals surface area contributed by atoms with Gasteiger partial charge in [-0.05, 0) is 30.3 Å². The fraction of sp³-hybridized carbons (Fsp3) is 0.0526. The van der Waals surface area contributed by atoms with Gasteiger partial charge in [0.05, 0.1) is 17.7 Å². The minimum atomic E-state index is -0.795. The number of phenols is 1. The number of aliphatic hydroxyl groups excluding tert-OH is 1. The molecular weight excluding hydrogens is 393 g/mol. The maximum atomic E-state index is 13.5. The molecule has 5 nitrogen and oxygen atoms in total. The molecule has 1 aliphatic heterocycles. The van der Waals surface area contributed by atoms with Crippen LogP contribution in [0.3, 0.4) is 0 Å². The van der Waals surface area contributed by atoms with Crippen molar-refractivity contribution in [1.82, 2.24) is 0 Å². The summed E-state index contributed by atoms with van der Waals surface area (Å²) in [5.74, 6) is -2.49. The van der Waals surface area contributed by atoms with Gasteiger partial charge in [0.25, 0.3) is 0 Å². The highest BCUT2D eigenvalue weighted by Crippen LogP contribution is 2.41. The third-order valence-electron chi connectivity index (χ3n) is 3.62. The second kappa shape index (κ2) is 7.85. The molecule has 2 N–H and O–H groups in total. The summed E-state index contributed by atoms with van der Waals surface area (Å²) in [6.45, 7) is 0. The molecular formula is C19H13ClFNO4S. The second-order valence-electron chi connectivity index (χ2n) is 5.40. The van der Waals surface area contributed by atoms with Crippen LogP contribution in [-0.2, 0) is 9.53 Å². The Balaban J connectivity index is 2.09. The van der Waals surface area contributed by atoms with E-state index in [-0.39, 0.29) is 26.8 Å². The lowest BCUT2D eigenvalue weighted by molar-refractivity contribution is -0.135. The number of para-hydroxylation sites is 1. The van der Waals surface area contributed by atoms with E-state index in [1.165, 1.54) is 25.3 Å². The first-order chi connectivity index (χ1) is 12.9. The molecule has 138 valence electrons. The van der Waals surface area contributed by atoms with E-state index in [1.807, 2.05) is 0 Å². The van der Waals surface area contributed by atoms with Crippen LogP contribution >= 0.6 is 23.4 Å². The lowest BCUT2D eigenvalue weighted by atomic mass is 10.1. The number of ether oxygens (including phenoxy) is 1. The van der Waals surface area contributed by atoms with Gasteiger partial charge >= 0.3 is 5.97 Å². The van der Waals surface area contributed by atoms with E-state index in [2.05, 4.69) is 4.99 Å². The van der Waals surface area contributed by atoms with Crippen LogP contribution in [0.15, 0.2) is 63.7 Å². The number of carbonyl (C=O) groups excluding carboxylic acids is 1. The monoisotopic (exact) mass is 405 g/mol. The Morgan fingerprint density at radius 2 is 2.00 bits per heavy atom. The number of halogens is 2. The van der Waals surface area contributed by atoms with Crippen LogP contribution in [0.5, 0.6) is 5.75 Å². The van der Waals surface area contributed by atoms with Crippen molar-refractivity contribution in [3.8, 4) is 5.75 Å². The van der Waals surface area contributed by atoms with E-state index in [0.717, 1.165) is 17.8 Å². The summed E-state index contributed by atoms with van der Waals surface area (Å²) >= 11 is 6.94. The van der Waals surface area contributed by atoms with Crippen molar-refractivity contribution in [3.63, 3.8) is 0 Å². The molecule has 0 radical (unpaired) electrons. The molecule has 0 amide bonds. The number of benzene rings is 2. The summed E-state index contributed by atoms with van der Waals surface area (Å²) in [6.07, 6.45) is 1.36. The highest BCUT2D eigenvalue weighted by molar-refractivity contribution is 8.18. The maximum Gasteiger partial charge on any atom is 0.344 e. The number of carbonyl (C=O) groups is 1. The van der Waals surface area contributed by atoms with Gasteiger partial charge in [-0.2, -0.15) is 0 Å². The number of rotatable bonds is 3. The molecule has 0 bridgehead atoms. The van der Waals surface area contributed by atoms with E-state index in [9.17, 15) is 19.4 Å². The van der Waals surface area contributed by atoms with Crippen LogP contribution in [0.1, 0.15) is 5.56 Å². The van der Waals surface area contributed by atoms with Crippen LogP contribution in [0.2, 0.25) is 5.02 Å². The molecule has 0 aromatic heterocycles. The number of methoxy groups -OCH3 is 1. The van der Waals surface area contributed by atoms with Gasteiger partial charge in [-0.3, -0.25) is 0 Å². The van der Waals surface area contributed by atoms with Crippen molar-refractivity contribution in [2.75, 3.05) is 7.11 Å². The van der Waals surface area contributed by atoms with Gasteiger partial charge < -0.3 is 14.9 Å². The van der Waals surface area contributed by atoms with Crippen molar-refractivity contribution in [2.45, 2.75) is 0 Å². The van der Waals surface area contributed by atoms with Gasteiger partial charge in [0.2, 0.25) is 0 Å². The predicted octanol–water partition coefficient (Wildman–Crippen LogP) is 4.99. The van der Waals surface area contributed by atoms with Crippen LogP contribution in [0.25, 0.3) is 6.08 Å². The van der Waals surface area contributed by atoms with Gasteiger partial charge in [-0.25, -0.2) is 14.2 Å². The molecule has 0 saturated heterocycles. The zero-order chi connectivity index (χ0) is 19.6. The first-order valence-electron chi connectivity index (χ1n) is 7.64. The number of aliphatic imine (C=N–C) groups is 1. The predicted molar refractivity (Wildman–Crippen MR) is 104 cm³/mol. The number of esters is 1. The average Bonchev–Trinajstić information content (AvgIpc) is 2.93. The lowest BCUT2D eigenvalue weighted by Crippen LogP contribution is -2.10. The molecule has 0 saturated carbocycles. The summed E-state index contributed by atoms with van der Waals surface area (Å²) < 4.78 is 18.3. The number of hydrogen-bond donors (Lipinski definition) is 2. The molecule has 0 aliphatic carbocycles. The number of thioether (sulfide) groups is 1. The largest absolute Gasteiger partial charge is 0.506 e. The minimum absolute atomic E-state index is 0.121. The van der Waals surface area contributed by atoms with Gasteiger partial charge in [-0.1, -0.05) is 41.6 Å². The Morgan fingerprint density at radius 1 is 1.26 bits per heavy atom. The van der Waals surface area contributed by atoms with E-state index in [0.29, 0.717) is 10.7 Å². The quantitative estimate of drug-likeness (QED) is 0.703. The van der Waals surface area contributed by atoms with Crippen molar-refractivity contribution < 1.29 is 24.1 Å². The normalized spacial score (nSPS) is 17.0. The van der Waals surface area contributed by atoms with Gasteiger partial charge in [0.15, 0.2) is 11.6 Å². The molecule has 27 heavy (non-hydrogen) atoms. The Labute approximate surface area is 163 Å². The summed E-state index contributed by atoms with van der Waals surface area (Å²) in [4.78, 5) is 16.7. The highest BCUT2D eigenvalue weighted by Gasteiger charge is 2.33. The van der Waals surface area contributed by atoms with E-state index in [4.69, 9.17) is 16.3 Å². The summed E-state index contributed by atoms with van der Waals surface area (Å²) in [7, 11) is 1.18. The van der Waals surface area contributed by atoms with E-state index >= 15 is 0 Å². The van der Waals surface area contributed by atoms with Gasteiger partial charge in [-0.15, -0.1) is 0 Å². The van der Waals surface area contributed by atoms with E-state index in [1.54, 1.807) is 24.3 Å². The summed E-state index contributed by atoms with van der Waals surface area (Å²) in [5, 5.41) is 21.0. The Hall–Kier alpha value is -2.77. The van der Waals surface area contributed by atoms with Crippen LogP contribution in [0, 0.1) is 5.82 Å². The molecule has 2 aromatic rings. The molecule has 1 aliphatic rings. The Kier molecular flexibility index (Phi) is 5.53. The van der Waals surface area contributed by atoms with Crippen molar-refractivity contribution in [2.24, 2.45) is 4.99 Å². The lowest BCUT2D eigenvalue weighted by Gasteiger charge is -2.02. The number of nitrogens with zero attached hydrogens (tertiary/aromatic N) is 1. The number of hydrogen-bond acceptors (Lipinski definition) is 6. The fourth-order valence-electron chi connectivity index (χ4n) is 2.34. The van der Waals surface area contributed by atoms with Crippen LogP contribution in [0.4, 0.5) is 10.1 Å². The molecule has 0 spiro atoms. The number of aromatic hydroxyl groups is 1. The molecule has 0 unspecified atom stereocenters. The smallest absolute Gasteiger partial charge is 0.344 e. The van der Waals surface area contributed by atoms with Crippen molar-refractivity contribution in [3.05, 3.63) is 75.1 Å². The molecule has 8 heteroatoms. The molecule has 1 heterocycles. The number of aliphatic hydroxyl groups is 1. The third kappa shape index (κ3) is 3.99. The first-order valence-corrected chi connectivity index (χ1v) is 8.83. The van der Waals surface area contributed by atoms with Gasteiger partial charge in [0, 0.05) is 10.6 Å². The van der Waals surface area contributed by atoms with Crippen molar-refractivity contribution in [1.29, 1.82) is 0 Å².